The van der Waals surface area contributed by atoms with Crippen LogP contribution in [0.4, 0.5) is 0 Å². The molecule has 1 aliphatic carbocycles. The molecule has 0 radical (unpaired) electrons. The van der Waals surface area contributed by atoms with Crippen molar-refractivity contribution in [3.05, 3.63) is 18.2 Å². The van der Waals surface area contributed by atoms with E-state index in [-0.39, 0.29) is 10.8 Å². The summed E-state index contributed by atoms with van der Waals surface area (Å²) in [5, 5.41) is 2.96. The largest absolute Gasteiger partial charge is 0.490 e. The van der Waals surface area contributed by atoms with Crippen molar-refractivity contribution in [2.75, 3.05) is 45.9 Å². The van der Waals surface area contributed by atoms with E-state index in [1.165, 1.54) is 10.4 Å². The average molecular weight is 412 g/mol. The van der Waals surface area contributed by atoms with Gasteiger partial charge >= 0.3 is 0 Å². The van der Waals surface area contributed by atoms with Gasteiger partial charge < -0.3 is 14.8 Å². The maximum absolute atomic E-state index is 13.0. The van der Waals surface area contributed by atoms with E-state index in [0.717, 1.165) is 12.8 Å². The van der Waals surface area contributed by atoms with Crippen LogP contribution in [0.2, 0.25) is 0 Å². The molecule has 2 aliphatic rings. The summed E-state index contributed by atoms with van der Waals surface area (Å²) in [4.78, 5) is 14.1. The molecule has 1 aromatic carbocycles. The zero-order chi connectivity index (χ0) is 20.1. The van der Waals surface area contributed by atoms with E-state index in [0.29, 0.717) is 63.5 Å². The Balaban J connectivity index is 1.63. The molecule has 3 rings (SSSR count). The Bertz CT molecular complexity index is 787. The van der Waals surface area contributed by atoms with E-state index in [4.69, 9.17) is 9.47 Å². The van der Waals surface area contributed by atoms with Gasteiger partial charge in [0.25, 0.3) is 0 Å². The third kappa shape index (κ3) is 5.15. The second-order valence-electron chi connectivity index (χ2n) is 7.00. The summed E-state index contributed by atoms with van der Waals surface area (Å²) in [5.41, 5.74) is 0. The zero-order valence-corrected chi connectivity index (χ0v) is 17.3. The van der Waals surface area contributed by atoms with E-state index in [2.05, 4.69) is 5.32 Å². The van der Waals surface area contributed by atoms with Gasteiger partial charge in [0.2, 0.25) is 15.9 Å². The van der Waals surface area contributed by atoms with Crippen molar-refractivity contribution in [3.8, 4) is 11.5 Å². The minimum atomic E-state index is -3.62. The number of carbonyl (C=O) groups is 1. The average Bonchev–Trinajstić information content (AvgIpc) is 3.47. The zero-order valence-electron chi connectivity index (χ0n) is 16.5. The number of carbonyl (C=O) groups excluding carboxylic acids is 1. The fraction of sp³-hybridized carbons (Fsp3) is 0.632. The Hall–Kier alpha value is -1.84. The summed E-state index contributed by atoms with van der Waals surface area (Å²) in [6.45, 7) is 6.71. The van der Waals surface area contributed by atoms with Crippen LogP contribution in [0.15, 0.2) is 23.1 Å². The van der Waals surface area contributed by atoms with Crippen molar-refractivity contribution in [2.24, 2.45) is 0 Å². The number of piperazine rings is 1. The maximum Gasteiger partial charge on any atom is 0.243 e. The molecule has 2 fully saturated rings. The third-order valence-corrected chi connectivity index (χ3v) is 6.69. The van der Waals surface area contributed by atoms with Gasteiger partial charge in [-0.3, -0.25) is 9.69 Å². The smallest absolute Gasteiger partial charge is 0.243 e. The van der Waals surface area contributed by atoms with Crippen LogP contribution < -0.4 is 14.8 Å². The topological polar surface area (TPSA) is 88.2 Å². The van der Waals surface area contributed by atoms with Gasteiger partial charge in [0.15, 0.2) is 11.5 Å². The first-order valence-electron chi connectivity index (χ1n) is 9.85. The molecule has 8 nitrogen and oxygen atoms in total. The second kappa shape index (κ2) is 9.11. The minimum Gasteiger partial charge on any atom is -0.490 e. The van der Waals surface area contributed by atoms with Crippen molar-refractivity contribution in [1.29, 1.82) is 0 Å². The molecule has 0 unspecified atom stereocenters. The molecule has 156 valence electrons. The Morgan fingerprint density at radius 2 is 1.71 bits per heavy atom. The highest BCUT2D eigenvalue weighted by atomic mass is 32.2. The van der Waals surface area contributed by atoms with Crippen molar-refractivity contribution in [3.63, 3.8) is 0 Å². The molecule has 1 saturated heterocycles. The molecular weight excluding hydrogens is 382 g/mol. The van der Waals surface area contributed by atoms with Gasteiger partial charge in [0, 0.05) is 38.3 Å². The van der Waals surface area contributed by atoms with Crippen LogP contribution in [0, 0.1) is 0 Å². The molecule has 1 amide bonds. The van der Waals surface area contributed by atoms with Crippen molar-refractivity contribution in [2.45, 2.75) is 37.6 Å². The maximum atomic E-state index is 13.0. The standard InChI is InChI=1S/C19H29N3O5S/c1-3-26-17-8-7-16(13-18(17)27-4-2)28(24,25)22-11-9-21(10-12-22)14-19(23)20-15-5-6-15/h7-8,13,15H,3-6,9-12,14H2,1-2H3,(H,20,23). The molecule has 1 heterocycles. The molecule has 1 N–H and O–H groups in total. The number of nitrogens with zero attached hydrogens (tertiary/aromatic N) is 2. The fourth-order valence-electron chi connectivity index (χ4n) is 3.17. The Labute approximate surface area is 166 Å². The van der Waals surface area contributed by atoms with Crippen LogP contribution in [0.3, 0.4) is 0 Å². The van der Waals surface area contributed by atoms with Gasteiger partial charge in [-0.15, -0.1) is 0 Å². The van der Waals surface area contributed by atoms with Gasteiger partial charge in [0.1, 0.15) is 0 Å². The first kappa shape index (κ1) is 20.9. The van der Waals surface area contributed by atoms with Crippen molar-refractivity contribution < 1.29 is 22.7 Å². The summed E-state index contributed by atoms with van der Waals surface area (Å²) in [7, 11) is -3.62. The Kier molecular flexibility index (Phi) is 6.79. The normalized spacial score (nSPS) is 18.6. The van der Waals surface area contributed by atoms with Crippen LogP contribution in [0.5, 0.6) is 11.5 Å². The van der Waals surface area contributed by atoms with Gasteiger partial charge in [-0.2, -0.15) is 4.31 Å². The summed E-state index contributed by atoms with van der Waals surface area (Å²) in [5.74, 6) is 0.988. The summed E-state index contributed by atoms with van der Waals surface area (Å²) in [6, 6.07) is 5.06. The van der Waals surface area contributed by atoms with Gasteiger partial charge in [0.05, 0.1) is 24.7 Å². The molecular formula is C19H29N3O5S. The summed E-state index contributed by atoms with van der Waals surface area (Å²) < 4.78 is 38.6. The Morgan fingerprint density at radius 1 is 1.07 bits per heavy atom. The fourth-order valence-corrected chi connectivity index (χ4v) is 4.61. The first-order valence-corrected chi connectivity index (χ1v) is 11.3. The number of nitrogens with one attached hydrogen (secondary N) is 1. The van der Waals surface area contributed by atoms with E-state index in [1.54, 1.807) is 12.1 Å². The number of sulfonamides is 1. The van der Waals surface area contributed by atoms with Crippen molar-refractivity contribution in [1.82, 2.24) is 14.5 Å². The molecule has 28 heavy (non-hydrogen) atoms. The molecule has 9 heteroatoms. The number of hydrogen-bond donors (Lipinski definition) is 1. The molecule has 0 aromatic heterocycles. The van der Waals surface area contributed by atoms with Crippen LogP contribution in [0.1, 0.15) is 26.7 Å². The lowest BCUT2D eigenvalue weighted by Crippen LogP contribution is -2.51. The lowest BCUT2D eigenvalue weighted by atomic mass is 10.3. The summed E-state index contributed by atoms with van der Waals surface area (Å²) in [6.07, 6.45) is 2.12. The number of rotatable bonds is 9. The second-order valence-corrected chi connectivity index (χ2v) is 8.93. The molecule has 0 spiro atoms. The van der Waals surface area contributed by atoms with E-state index >= 15 is 0 Å². The Morgan fingerprint density at radius 3 is 2.32 bits per heavy atom. The first-order chi connectivity index (χ1) is 13.4. The van der Waals surface area contributed by atoms with Crippen LogP contribution in [-0.4, -0.2) is 75.5 Å². The predicted molar refractivity (Wildman–Crippen MR) is 105 cm³/mol. The van der Waals surface area contributed by atoms with Crippen molar-refractivity contribution >= 4 is 15.9 Å². The number of benzene rings is 1. The highest BCUT2D eigenvalue weighted by Crippen LogP contribution is 2.31. The molecule has 1 aliphatic heterocycles. The number of ether oxygens (including phenoxy) is 2. The van der Waals surface area contributed by atoms with Crippen LogP contribution in [0.25, 0.3) is 0 Å². The number of amides is 1. The monoisotopic (exact) mass is 411 g/mol. The SMILES string of the molecule is CCOc1ccc(S(=O)(=O)N2CCN(CC(=O)NC3CC3)CC2)cc1OCC. The summed E-state index contributed by atoms with van der Waals surface area (Å²) >= 11 is 0. The van der Waals surface area contributed by atoms with Gasteiger partial charge in [-0.1, -0.05) is 0 Å². The van der Waals surface area contributed by atoms with Gasteiger partial charge in [-0.05, 0) is 38.8 Å². The molecule has 0 bridgehead atoms. The quantitative estimate of drug-likeness (QED) is 0.654. The van der Waals surface area contributed by atoms with Crippen LogP contribution >= 0.6 is 0 Å². The van der Waals surface area contributed by atoms with E-state index in [1.807, 2.05) is 18.7 Å². The van der Waals surface area contributed by atoms with Gasteiger partial charge in [-0.25, -0.2) is 8.42 Å². The number of hydrogen-bond acceptors (Lipinski definition) is 6. The minimum absolute atomic E-state index is 0.0201. The van der Waals surface area contributed by atoms with E-state index in [9.17, 15) is 13.2 Å². The highest BCUT2D eigenvalue weighted by Gasteiger charge is 2.30. The van der Waals surface area contributed by atoms with Crippen LogP contribution in [-0.2, 0) is 14.8 Å². The third-order valence-electron chi connectivity index (χ3n) is 4.79. The predicted octanol–water partition coefficient (Wildman–Crippen LogP) is 1.07. The lowest BCUT2D eigenvalue weighted by molar-refractivity contribution is -0.122. The molecule has 1 saturated carbocycles. The lowest BCUT2D eigenvalue weighted by Gasteiger charge is -2.33. The highest BCUT2D eigenvalue weighted by molar-refractivity contribution is 7.89. The molecule has 1 aromatic rings. The van der Waals surface area contributed by atoms with E-state index < -0.39 is 10.0 Å². The molecule has 0 atom stereocenters.